The van der Waals surface area contributed by atoms with E-state index in [1.54, 1.807) is 0 Å². The molecule has 1 aromatic rings. The van der Waals surface area contributed by atoms with E-state index in [4.69, 9.17) is 22.4 Å². The van der Waals surface area contributed by atoms with E-state index in [0.717, 1.165) is 0 Å². The molecule has 0 aliphatic rings. The molecule has 0 radical (unpaired) electrons. The van der Waals surface area contributed by atoms with Crippen molar-refractivity contribution in [2.45, 2.75) is 13.0 Å². The second kappa shape index (κ2) is 5.03. The molecule has 0 aromatic heterocycles. The Hall–Kier alpha value is -1.79. The Bertz CT molecular complexity index is 476. The summed E-state index contributed by atoms with van der Waals surface area (Å²) in [5.41, 5.74) is 5.32. The molecule has 0 saturated heterocycles. The van der Waals surface area contributed by atoms with Crippen molar-refractivity contribution in [1.29, 1.82) is 0 Å². The van der Waals surface area contributed by atoms with Gasteiger partial charge in [0.05, 0.1) is 5.69 Å². The van der Waals surface area contributed by atoms with E-state index < -0.39 is 17.9 Å². The Balaban J connectivity index is 3.38. The molecule has 0 fully saturated rings. The van der Waals surface area contributed by atoms with Crippen LogP contribution in [0.1, 0.15) is 18.5 Å². The number of benzene rings is 1. The van der Waals surface area contributed by atoms with Gasteiger partial charge < -0.3 is 21.3 Å². The fraction of sp³-hybridized carbons (Fsp3) is 0.200. The van der Waals surface area contributed by atoms with Gasteiger partial charge in [0, 0.05) is 17.5 Å². The van der Waals surface area contributed by atoms with E-state index in [1.165, 1.54) is 19.1 Å². The molecule has 1 rings (SSSR count). The summed E-state index contributed by atoms with van der Waals surface area (Å²) >= 11 is 5.82. The zero-order valence-corrected chi connectivity index (χ0v) is 9.65. The number of carbonyl (C=O) groups excluding carboxylic acids is 1. The third-order valence-electron chi connectivity index (χ3n) is 2.05. The van der Waals surface area contributed by atoms with Crippen molar-refractivity contribution >= 4 is 29.2 Å². The highest BCUT2D eigenvalue weighted by molar-refractivity contribution is 6.32. The zero-order valence-electron chi connectivity index (χ0n) is 8.90. The molecule has 0 saturated carbocycles. The zero-order chi connectivity index (χ0) is 13.2. The van der Waals surface area contributed by atoms with E-state index in [0.29, 0.717) is 0 Å². The lowest BCUT2D eigenvalue weighted by Crippen LogP contribution is -2.23. The number of rotatable bonds is 3. The second-order valence-corrected chi connectivity index (χ2v) is 3.76. The standard InChI is InChI=1S/C10H11ClN2O4/c1-4(14)13-9-6(15)3-2-5(11)7(9)8(12)10(16)17/h2-3,8,15H,12H2,1H3,(H,13,14)(H,16,17). The summed E-state index contributed by atoms with van der Waals surface area (Å²) in [7, 11) is 0. The Morgan fingerprint density at radius 1 is 1.47 bits per heavy atom. The van der Waals surface area contributed by atoms with Gasteiger partial charge in [-0.2, -0.15) is 0 Å². The summed E-state index contributed by atoms with van der Waals surface area (Å²) in [6.45, 7) is 1.22. The molecule has 1 unspecified atom stereocenters. The van der Waals surface area contributed by atoms with Crippen LogP contribution in [0.4, 0.5) is 5.69 Å². The molecule has 0 aliphatic heterocycles. The summed E-state index contributed by atoms with van der Waals surface area (Å²) in [6, 6.07) is 1.11. The number of carboxylic acids is 1. The average molecular weight is 259 g/mol. The third kappa shape index (κ3) is 2.86. The molecule has 1 amide bonds. The SMILES string of the molecule is CC(=O)Nc1c(O)ccc(Cl)c1C(N)C(=O)O. The minimum Gasteiger partial charge on any atom is -0.506 e. The molecule has 1 aromatic carbocycles. The molecule has 92 valence electrons. The maximum atomic E-state index is 11.0. The van der Waals surface area contributed by atoms with E-state index in [1.807, 2.05) is 0 Å². The Labute approximate surface area is 102 Å². The average Bonchev–Trinajstić information content (AvgIpc) is 2.22. The van der Waals surface area contributed by atoms with Gasteiger partial charge in [-0.05, 0) is 12.1 Å². The molecular weight excluding hydrogens is 248 g/mol. The van der Waals surface area contributed by atoms with Crippen LogP contribution >= 0.6 is 11.6 Å². The smallest absolute Gasteiger partial charge is 0.325 e. The van der Waals surface area contributed by atoms with E-state index in [-0.39, 0.29) is 22.0 Å². The fourth-order valence-electron chi connectivity index (χ4n) is 1.32. The summed E-state index contributed by atoms with van der Waals surface area (Å²) in [4.78, 5) is 21.8. The molecule has 6 nitrogen and oxygen atoms in total. The lowest BCUT2D eigenvalue weighted by Gasteiger charge is -2.16. The van der Waals surface area contributed by atoms with Gasteiger partial charge in [0.15, 0.2) is 0 Å². The lowest BCUT2D eigenvalue weighted by molar-refractivity contribution is -0.138. The van der Waals surface area contributed by atoms with Crippen LogP contribution in [-0.4, -0.2) is 22.1 Å². The number of carboxylic acid groups (broad SMARTS) is 1. The Morgan fingerprint density at radius 2 is 2.06 bits per heavy atom. The van der Waals surface area contributed by atoms with Crippen LogP contribution in [0.15, 0.2) is 12.1 Å². The number of carbonyl (C=O) groups is 2. The van der Waals surface area contributed by atoms with Crippen LogP contribution in [-0.2, 0) is 9.59 Å². The van der Waals surface area contributed by atoms with Crippen LogP contribution in [0.3, 0.4) is 0 Å². The van der Waals surface area contributed by atoms with Gasteiger partial charge in [-0.15, -0.1) is 0 Å². The summed E-state index contributed by atoms with van der Waals surface area (Å²) in [5, 5.41) is 20.8. The number of nitrogens with one attached hydrogen (secondary N) is 1. The van der Waals surface area contributed by atoms with Gasteiger partial charge in [0.25, 0.3) is 0 Å². The number of nitrogens with two attached hydrogens (primary N) is 1. The monoisotopic (exact) mass is 258 g/mol. The predicted molar refractivity (Wildman–Crippen MR) is 62.0 cm³/mol. The molecule has 0 bridgehead atoms. The van der Waals surface area contributed by atoms with Crippen LogP contribution in [0, 0.1) is 0 Å². The molecule has 1 atom stereocenters. The summed E-state index contributed by atoms with van der Waals surface area (Å²) in [5.74, 6) is -2.08. The molecule has 0 heterocycles. The normalized spacial score (nSPS) is 11.9. The van der Waals surface area contributed by atoms with Crippen LogP contribution in [0.2, 0.25) is 5.02 Å². The first-order valence-electron chi connectivity index (χ1n) is 4.62. The van der Waals surface area contributed by atoms with E-state index >= 15 is 0 Å². The number of phenols is 1. The maximum Gasteiger partial charge on any atom is 0.325 e. The van der Waals surface area contributed by atoms with Gasteiger partial charge in [-0.25, -0.2) is 0 Å². The first-order chi connectivity index (χ1) is 7.84. The van der Waals surface area contributed by atoms with Gasteiger partial charge >= 0.3 is 5.97 Å². The molecule has 5 N–H and O–H groups in total. The molecular formula is C10H11ClN2O4. The fourth-order valence-corrected chi connectivity index (χ4v) is 1.59. The van der Waals surface area contributed by atoms with Gasteiger partial charge in [-0.3, -0.25) is 9.59 Å². The number of aliphatic carboxylic acids is 1. The van der Waals surface area contributed by atoms with Crippen molar-refractivity contribution in [1.82, 2.24) is 0 Å². The molecule has 17 heavy (non-hydrogen) atoms. The van der Waals surface area contributed by atoms with Crippen LogP contribution in [0.5, 0.6) is 5.75 Å². The number of halogens is 1. The third-order valence-corrected chi connectivity index (χ3v) is 2.38. The maximum absolute atomic E-state index is 11.0. The van der Waals surface area contributed by atoms with Crippen molar-refractivity contribution < 1.29 is 19.8 Å². The van der Waals surface area contributed by atoms with Crippen molar-refractivity contribution in [2.24, 2.45) is 5.73 Å². The number of hydrogen-bond donors (Lipinski definition) is 4. The quantitative estimate of drug-likeness (QED) is 0.606. The predicted octanol–water partition coefficient (Wildman–Crippen LogP) is 1.09. The van der Waals surface area contributed by atoms with E-state index in [2.05, 4.69) is 5.32 Å². The highest BCUT2D eigenvalue weighted by Crippen LogP contribution is 2.36. The Kier molecular flexibility index (Phi) is 3.93. The Morgan fingerprint density at radius 3 is 2.53 bits per heavy atom. The number of anilines is 1. The van der Waals surface area contributed by atoms with Crippen molar-refractivity contribution in [3.63, 3.8) is 0 Å². The molecule has 7 heteroatoms. The van der Waals surface area contributed by atoms with E-state index in [9.17, 15) is 14.7 Å². The number of amides is 1. The van der Waals surface area contributed by atoms with Gasteiger partial charge in [0.2, 0.25) is 5.91 Å². The summed E-state index contributed by atoms with van der Waals surface area (Å²) in [6.07, 6.45) is 0. The topological polar surface area (TPSA) is 113 Å². The first kappa shape index (κ1) is 13.3. The van der Waals surface area contributed by atoms with Crippen molar-refractivity contribution in [3.05, 3.63) is 22.7 Å². The highest BCUT2D eigenvalue weighted by atomic mass is 35.5. The second-order valence-electron chi connectivity index (χ2n) is 3.35. The van der Waals surface area contributed by atoms with Crippen molar-refractivity contribution in [3.8, 4) is 5.75 Å². The number of aromatic hydroxyl groups is 1. The minimum absolute atomic E-state index is 0.0330. The number of hydrogen-bond acceptors (Lipinski definition) is 4. The first-order valence-corrected chi connectivity index (χ1v) is 4.99. The lowest BCUT2D eigenvalue weighted by atomic mass is 10.0. The molecule has 0 spiro atoms. The van der Waals surface area contributed by atoms with Crippen LogP contribution < -0.4 is 11.1 Å². The highest BCUT2D eigenvalue weighted by Gasteiger charge is 2.24. The number of phenolic OH excluding ortho intramolecular Hbond substituents is 1. The molecule has 0 aliphatic carbocycles. The van der Waals surface area contributed by atoms with Crippen LogP contribution in [0.25, 0.3) is 0 Å². The minimum atomic E-state index is -1.43. The van der Waals surface area contributed by atoms with Gasteiger partial charge in [0.1, 0.15) is 11.8 Å². The largest absolute Gasteiger partial charge is 0.506 e. The summed E-state index contributed by atoms with van der Waals surface area (Å²) < 4.78 is 0. The van der Waals surface area contributed by atoms with Crippen molar-refractivity contribution in [2.75, 3.05) is 5.32 Å². The van der Waals surface area contributed by atoms with Gasteiger partial charge in [-0.1, -0.05) is 11.6 Å².